The number of nitrogens with one attached hydrogen (secondary N) is 2. The van der Waals surface area contributed by atoms with Crippen LogP contribution >= 0.6 is 0 Å². The molecular formula is C16H30N2O3. The molecule has 5 nitrogen and oxygen atoms in total. The van der Waals surface area contributed by atoms with Crippen LogP contribution in [0.5, 0.6) is 0 Å². The van der Waals surface area contributed by atoms with E-state index in [9.17, 15) is 9.59 Å². The van der Waals surface area contributed by atoms with Crippen LogP contribution in [-0.2, 0) is 4.79 Å². The van der Waals surface area contributed by atoms with E-state index >= 15 is 0 Å². The standard InChI is InChI=1S/C16H30N2O3/c1-2-4-13(7-8-15(19)20)9-11-17-16(21)18-12-10-14-5-3-6-14/h13-14H,2-12H2,1H3,(H,19,20)(H2,17,18,21). The van der Waals surface area contributed by atoms with Crippen LogP contribution in [0.4, 0.5) is 4.79 Å². The predicted octanol–water partition coefficient (Wildman–Crippen LogP) is 3.15. The van der Waals surface area contributed by atoms with E-state index in [4.69, 9.17) is 5.11 Å². The van der Waals surface area contributed by atoms with Gasteiger partial charge in [-0.2, -0.15) is 0 Å². The number of urea groups is 1. The Bertz CT molecular complexity index is 317. The summed E-state index contributed by atoms with van der Waals surface area (Å²) >= 11 is 0. The van der Waals surface area contributed by atoms with E-state index in [1.54, 1.807) is 0 Å². The Morgan fingerprint density at radius 1 is 1.14 bits per heavy atom. The van der Waals surface area contributed by atoms with Gasteiger partial charge in [0.05, 0.1) is 0 Å². The molecule has 1 atom stereocenters. The number of carbonyl (C=O) groups is 2. The molecule has 0 aromatic heterocycles. The Morgan fingerprint density at radius 2 is 1.86 bits per heavy atom. The average molecular weight is 298 g/mol. The Balaban J connectivity index is 2.04. The van der Waals surface area contributed by atoms with Crippen molar-refractivity contribution in [3.05, 3.63) is 0 Å². The first-order valence-electron chi connectivity index (χ1n) is 8.35. The molecular weight excluding hydrogens is 268 g/mol. The van der Waals surface area contributed by atoms with Crippen molar-refractivity contribution >= 4 is 12.0 Å². The maximum absolute atomic E-state index is 11.6. The first-order valence-corrected chi connectivity index (χ1v) is 8.35. The second-order valence-electron chi connectivity index (χ2n) is 6.14. The number of hydrogen-bond donors (Lipinski definition) is 3. The molecule has 0 aliphatic heterocycles. The smallest absolute Gasteiger partial charge is 0.314 e. The molecule has 2 amide bonds. The number of carboxylic acid groups (broad SMARTS) is 1. The summed E-state index contributed by atoms with van der Waals surface area (Å²) in [7, 11) is 0. The molecule has 5 heteroatoms. The molecule has 0 aromatic carbocycles. The third-order valence-corrected chi connectivity index (χ3v) is 4.36. The third kappa shape index (κ3) is 8.58. The van der Waals surface area contributed by atoms with Gasteiger partial charge >= 0.3 is 12.0 Å². The summed E-state index contributed by atoms with van der Waals surface area (Å²) in [6.45, 7) is 3.49. The highest BCUT2D eigenvalue weighted by molar-refractivity contribution is 5.73. The summed E-state index contributed by atoms with van der Waals surface area (Å²) in [5.41, 5.74) is 0. The second-order valence-corrected chi connectivity index (χ2v) is 6.14. The molecule has 1 unspecified atom stereocenters. The zero-order chi connectivity index (χ0) is 15.5. The van der Waals surface area contributed by atoms with Crippen molar-refractivity contribution in [3.63, 3.8) is 0 Å². The van der Waals surface area contributed by atoms with E-state index in [1.807, 2.05) is 0 Å². The number of aliphatic carboxylic acids is 1. The summed E-state index contributed by atoms with van der Waals surface area (Å²) in [5, 5.41) is 14.5. The lowest BCUT2D eigenvalue weighted by Crippen LogP contribution is -2.37. The van der Waals surface area contributed by atoms with Crippen LogP contribution in [0.1, 0.15) is 64.7 Å². The van der Waals surface area contributed by atoms with Gasteiger partial charge in [-0.15, -0.1) is 0 Å². The lowest BCUT2D eigenvalue weighted by atomic mass is 9.83. The van der Waals surface area contributed by atoms with E-state index in [0.717, 1.165) is 38.1 Å². The van der Waals surface area contributed by atoms with Gasteiger partial charge in [0, 0.05) is 19.5 Å². The maximum Gasteiger partial charge on any atom is 0.314 e. The van der Waals surface area contributed by atoms with E-state index in [0.29, 0.717) is 18.9 Å². The quantitative estimate of drug-likeness (QED) is 0.548. The third-order valence-electron chi connectivity index (χ3n) is 4.36. The molecule has 3 N–H and O–H groups in total. The highest BCUT2D eigenvalue weighted by Crippen LogP contribution is 2.28. The van der Waals surface area contributed by atoms with Crippen LogP contribution in [0.15, 0.2) is 0 Å². The number of carboxylic acids is 1. The Labute approximate surface area is 127 Å². The van der Waals surface area contributed by atoms with E-state index < -0.39 is 5.97 Å². The SMILES string of the molecule is CCCC(CCNC(=O)NCCC1CCC1)CCC(=O)O. The Morgan fingerprint density at radius 3 is 2.43 bits per heavy atom. The predicted molar refractivity (Wildman–Crippen MR) is 83.2 cm³/mol. The zero-order valence-electron chi connectivity index (χ0n) is 13.2. The van der Waals surface area contributed by atoms with Crippen molar-refractivity contribution in [1.82, 2.24) is 10.6 Å². The molecule has 0 saturated heterocycles. The minimum Gasteiger partial charge on any atom is -0.481 e. The van der Waals surface area contributed by atoms with Crippen molar-refractivity contribution in [2.45, 2.75) is 64.7 Å². The van der Waals surface area contributed by atoms with Gasteiger partial charge in [0.25, 0.3) is 0 Å². The summed E-state index contributed by atoms with van der Waals surface area (Å²) in [4.78, 5) is 22.2. The van der Waals surface area contributed by atoms with Gasteiger partial charge in [0.1, 0.15) is 0 Å². The molecule has 122 valence electrons. The first kappa shape index (κ1) is 17.8. The topological polar surface area (TPSA) is 78.4 Å². The normalized spacial score (nSPS) is 16.0. The fourth-order valence-electron chi connectivity index (χ4n) is 2.79. The number of rotatable bonds is 11. The van der Waals surface area contributed by atoms with E-state index in [2.05, 4.69) is 17.6 Å². The summed E-state index contributed by atoms with van der Waals surface area (Å²) < 4.78 is 0. The van der Waals surface area contributed by atoms with Crippen LogP contribution in [0, 0.1) is 11.8 Å². The molecule has 1 saturated carbocycles. The molecule has 1 aliphatic carbocycles. The van der Waals surface area contributed by atoms with Gasteiger partial charge in [-0.3, -0.25) is 4.79 Å². The van der Waals surface area contributed by atoms with E-state index in [-0.39, 0.29) is 12.5 Å². The first-order chi connectivity index (χ1) is 10.1. The highest BCUT2D eigenvalue weighted by Gasteiger charge is 2.16. The molecule has 0 heterocycles. The fourth-order valence-corrected chi connectivity index (χ4v) is 2.79. The minimum absolute atomic E-state index is 0.0946. The van der Waals surface area contributed by atoms with Crippen molar-refractivity contribution in [3.8, 4) is 0 Å². The molecule has 1 aliphatic rings. The summed E-state index contributed by atoms with van der Waals surface area (Å²) in [5.74, 6) is 0.467. The molecule has 21 heavy (non-hydrogen) atoms. The highest BCUT2D eigenvalue weighted by atomic mass is 16.4. The van der Waals surface area contributed by atoms with Crippen molar-refractivity contribution in [2.24, 2.45) is 11.8 Å². The Hall–Kier alpha value is -1.26. The monoisotopic (exact) mass is 298 g/mol. The lowest BCUT2D eigenvalue weighted by molar-refractivity contribution is -0.137. The van der Waals surface area contributed by atoms with Crippen LogP contribution in [0.2, 0.25) is 0 Å². The molecule has 1 rings (SSSR count). The van der Waals surface area contributed by atoms with Gasteiger partial charge in [0.2, 0.25) is 0 Å². The van der Waals surface area contributed by atoms with Crippen molar-refractivity contribution < 1.29 is 14.7 Å². The molecule has 0 bridgehead atoms. The van der Waals surface area contributed by atoms with Gasteiger partial charge in [-0.05, 0) is 31.1 Å². The van der Waals surface area contributed by atoms with Crippen LogP contribution < -0.4 is 10.6 Å². The van der Waals surface area contributed by atoms with Gasteiger partial charge in [-0.25, -0.2) is 4.79 Å². The van der Waals surface area contributed by atoms with E-state index in [1.165, 1.54) is 19.3 Å². The number of hydrogen-bond acceptors (Lipinski definition) is 2. The lowest BCUT2D eigenvalue weighted by Gasteiger charge is -2.25. The Kier molecular flexibility index (Phi) is 8.87. The summed E-state index contributed by atoms with van der Waals surface area (Å²) in [6.07, 6.45) is 8.91. The molecule has 1 fully saturated rings. The molecule has 0 aromatic rings. The molecule has 0 spiro atoms. The van der Waals surface area contributed by atoms with Gasteiger partial charge in [0.15, 0.2) is 0 Å². The van der Waals surface area contributed by atoms with Crippen molar-refractivity contribution in [1.29, 1.82) is 0 Å². The maximum atomic E-state index is 11.6. The van der Waals surface area contributed by atoms with Gasteiger partial charge in [-0.1, -0.05) is 39.0 Å². The zero-order valence-corrected chi connectivity index (χ0v) is 13.2. The van der Waals surface area contributed by atoms with Crippen molar-refractivity contribution in [2.75, 3.05) is 13.1 Å². The number of carbonyl (C=O) groups excluding carboxylic acids is 1. The van der Waals surface area contributed by atoms with Crippen LogP contribution in [-0.4, -0.2) is 30.2 Å². The minimum atomic E-state index is -0.738. The largest absolute Gasteiger partial charge is 0.481 e. The fraction of sp³-hybridized carbons (Fsp3) is 0.875. The van der Waals surface area contributed by atoms with Crippen LogP contribution in [0.3, 0.4) is 0 Å². The number of amides is 2. The second kappa shape index (κ2) is 10.5. The van der Waals surface area contributed by atoms with Crippen LogP contribution in [0.25, 0.3) is 0 Å². The summed E-state index contributed by atoms with van der Waals surface area (Å²) in [6, 6.07) is -0.0946. The average Bonchev–Trinajstić information content (AvgIpc) is 2.38. The molecule has 0 radical (unpaired) electrons. The van der Waals surface area contributed by atoms with Gasteiger partial charge < -0.3 is 15.7 Å².